The second-order valence-electron chi connectivity index (χ2n) is 6.08. The zero-order valence-corrected chi connectivity index (χ0v) is 14.3. The van der Waals surface area contributed by atoms with E-state index in [4.69, 9.17) is 4.74 Å². The molecule has 1 saturated heterocycles. The van der Waals surface area contributed by atoms with Crippen LogP contribution in [0.3, 0.4) is 0 Å². The highest BCUT2D eigenvalue weighted by Crippen LogP contribution is 2.31. The summed E-state index contributed by atoms with van der Waals surface area (Å²) in [6, 6.07) is 11.8. The number of nitriles is 1. The number of pyridine rings is 1. The van der Waals surface area contributed by atoms with Gasteiger partial charge in [-0.2, -0.15) is 10.2 Å². The highest BCUT2D eigenvalue weighted by molar-refractivity contribution is 5.83. The Labute approximate surface area is 150 Å². The van der Waals surface area contributed by atoms with E-state index in [1.807, 2.05) is 35.8 Å². The lowest BCUT2D eigenvalue weighted by Crippen LogP contribution is -2.16. The van der Waals surface area contributed by atoms with Gasteiger partial charge in [0.05, 0.1) is 47.2 Å². The largest absolute Gasteiger partial charge is 0.465 e. The van der Waals surface area contributed by atoms with Crippen molar-refractivity contribution < 1.29 is 9.53 Å². The Bertz CT molecular complexity index is 1030. The molecule has 7 heteroatoms. The van der Waals surface area contributed by atoms with E-state index in [0.29, 0.717) is 36.8 Å². The standard InChI is InChI=1S/C19H17N5O2/c1-2-26-19-23-16-8-15(14-6-4-3-5-12(14)9-20)21-11-17(16)24(19)13-7-18(25)22-10-13/h3-6,8,11,13H,2,7,10H2,1H3,(H,22,25). The van der Waals surface area contributed by atoms with E-state index in [1.54, 1.807) is 12.3 Å². The number of carbonyl (C=O) groups excluding carboxylic acids is 1. The first kappa shape index (κ1) is 16.1. The fraction of sp³-hybridized carbons (Fsp3) is 0.263. The molecule has 1 fully saturated rings. The van der Waals surface area contributed by atoms with Crippen LogP contribution in [0.15, 0.2) is 36.5 Å². The van der Waals surface area contributed by atoms with Gasteiger partial charge in [-0.25, -0.2) is 0 Å². The molecule has 1 N–H and O–H groups in total. The average molecular weight is 347 g/mol. The minimum Gasteiger partial charge on any atom is -0.465 e. The second kappa shape index (κ2) is 6.48. The Balaban J connectivity index is 1.85. The van der Waals surface area contributed by atoms with Crippen molar-refractivity contribution in [2.24, 2.45) is 0 Å². The smallest absolute Gasteiger partial charge is 0.297 e. The molecule has 7 nitrogen and oxygen atoms in total. The van der Waals surface area contributed by atoms with Crippen LogP contribution in [-0.4, -0.2) is 33.6 Å². The van der Waals surface area contributed by atoms with Crippen molar-refractivity contribution in [1.82, 2.24) is 19.9 Å². The van der Waals surface area contributed by atoms with Gasteiger partial charge >= 0.3 is 0 Å². The third-order valence-corrected chi connectivity index (χ3v) is 4.46. The summed E-state index contributed by atoms with van der Waals surface area (Å²) in [4.78, 5) is 20.8. The molecule has 1 unspecified atom stereocenters. The van der Waals surface area contributed by atoms with E-state index < -0.39 is 0 Å². The number of nitrogens with one attached hydrogen (secondary N) is 1. The van der Waals surface area contributed by atoms with Gasteiger partial charge in [0, 0.05) is 18.5 Å². The lowest BCUT2D eigenvalue weighted by Gasteiger charge is -2.14. The first-order valence-electron chi connectivity index (χ1n) is 8.48. The molecule has 3 aromatic rings. The van der Waals surface area contributed by atoms with Gasteiger partial charge in [0.2, 0.25) is 5.91 Å². The third kappa shape index (κ3) is 2.65. The summed E-state index contributed by atoms with van der Waals surface area (Å²) in [7, 11) is 0. The van der Waals surface area contributed by atoms with Gasteiger partial charge in [0.1, 0.15) is 0 Å². The summed E-state index contributed by atoms with van der Waals surface area (Å²) >= 11 is 0. The van der Waals surface area contributed by atoms with Crippen molar-refractivity contribution >= 4 is 16.9 Å². The lowest BCUT2D eigenvalue weighted by atomic mass is 10.0. The number of amides is 1. The molecule has 1 amide bonds. The van der Waals surface area contributed by atoms with E-state index in [1.165, 1.54) is 0 Å². The van der Waals surface area contributed by atoms with Gasteiger partial charge < -0.3 is 10.1 Å². The van der Waals surface area contributed by atoms with Gasteiger partial charge in [-0.1, -0.05) is 18.2 Å². The number of aromatic nitrogens is 3. The molecule has 1 aliphatic rings. The van der Waals surface area contributed by atoms with Crippen LogP contribution >= 0.6 is 0 Å². The topological polar surface area (TPSA) is 92.8 Å². The first-order chi connectivity index (χ1) is 12.7. The minimum absolute atomic E-state index is 0.0202. The summed E-state index contributed by atoms with van der Waals surface area (Å²) in [5.74, 6) is 0.0202. The molecule has 1 atom stereocenters. The molecule has 26 heavy (non-hydrogen) atoms. The van der Waals surface area contributed by atoms with Crippen molar-refractivity contribution in [3.8, 4) is 23.3 Å². The summed E-state index contributed by atoms with van der Waals surface area (Å²) in [6.45, 7) is 2.92. The Morgan fingerprint density at radius 2 is 2.27 bits per heavy atom. The van der Waals surface area contributed by atoms with E-state index in [0.717, 1.165) is 16.6 Å². The molecule has 0 spiro atoms. The summed E-state index contributed by atoms with van der Waals surface area (Å²) in [6.07, 6.45) is 2.13. The summed E-state index contributed by atoms with van der Waals surface area (Å²) in [5.41, 5.74) is 3.55. The molecule has 2 aromatic heterocycles. The van der Waals surface area contributed by atoms with Gasteiger partial charge in [0.25, 0.3) is 6.01 Å². The maximum absolute atomic E-state index is 11.6. The van der Waals surface area contributed by atoms with Crippen LogP contribution in [0.2, 0.25) is 0 Å². The van der Waals surface area contributed by atoms with Gasteiger partial charge in [-0.05, 0) is 19.1 Å². The summed E-state index contributed by atoms with van der Waals surface area (Å²) < 4.78 is 7.63. The SMILES string of the molecule is CCOc1nc2cc(-c3ccccc3C#N)ncc2n1C1CNC(=O)C1. The summed E-state index contributed by atoms with van der Waals surface area (Å²) in [5, 5.41) is 12.2. The Kier molecular flexibility index (Phi) is 4.01. The van der Waals surface area contributed by atoms with Crippen LogP contribution in [0, 0.1) is 11.3 Å². The van der Waals surface area contributed by atoms with Crippen LogP contribution in [0.4, 0.5) is 0 Å². The molecular weight excluding hydrogens is 330 g/mol. The third-order valence-electron chi connectivity index (χ3n) is 4.46. The van der Waals surface area contributed by atoms with Gasteiger partial charge in [0.15, 0.2) is 0 Å². The first-order valence-corrected chi connectivity index (χ1v) is 8.48. The number of ether oxygens (including phenoxy) is 1. The van der Waals surface area contributed by atoms with Crippen molar-refractivity contribution in [3.63, 3.8) is 0 Å². The van der Waals surface area contributed by atoms with Crippen molar-refractivity contribution in [2.75, 3.05) is 13.2 Å². The number of carbonyl (C=O) groups is 1. The monoisotopic (exact) mass is 347 g/mol. The molecular formula is C19H17N5O2. The van der Waals surface area contributed by atoms with Crippen molar-refractivity contribution in [1.29, 1.82) is 5.26 Å². The Morgan fingerprint density at radius 1 is 1.42 bits per heavy atom. The predicted octanol–water partition coefficient (Wildman–Crippen LogP) is 2.43. The molecule has 0 saturated carbocycles. The average Bonchev–Trinajstić information content (AvgIpc) is 3.24. The molecule has 1 aromatic carbocycles. The number of hydrogen-bond acceptors (Lipinski definition) is 5. The number of benzene rings is 1. The van der Waals surface area contributed by atoms with E-state index in [2.05, 4.69) is 21.4 Å². The number of imidazole rings is 1. The van der Waals surface area contributed by atoms with Gasteiger partial charge in [-0.3, -0.25) is 14.3 Å². The second-order valence-corrected chi connectivity index (χ2v) is 6.08. The zero-order chi connectivity index (χ0) is 18.1. The fourth-order valence-electron chi connectivity index (χ4n) is 3.28. The van der Waals surface area contributed by atoms with Crippen LogP contribution < -0.4 is 10.1 Å². The molecule has 0 radical (unpaired) electrons. The minimum atomic E-state index is -0.0481. The van der Waals surface area contributed by atoms with Gasteiger partial charge in [-0.15, -0.1) is 0 Å². The zero-order valence-electron chi connectivity index (χ0n) is 14.3. The maximum Gasteiger partial charge on any atom is 0.297 e. The molecule has 130 valence electrons. The van der Waals surface area contributed by atoms with E-state index in [9.17, 15) is 10.1 Å². The molecule has 0 aliphatic carbocycles. The molecule has 1 aliphatic heterocycles. The Hall–Kier alpha value is -3.40. The molecule has 0 bridgehead atoms. The van der Waals surface area contributed by atoms with E-state index in [-0.39, 0.29) is 11.9 Å². The quantitative estimate of drug-likeness (QED) is 0.782. The van der Waals surface area contributed by atoms with Crippen molar-refractivity contribution in [2.45, 2.75) is 19.4 Å². The maximum atomic E-state index is 11.6. The fourth-order valence-corrected chi connectivity index (χ4v) is 3.28. The molecule has 3 heterocycles. The van der Waals surface area contributed by atoms with Crippen LogP contribution in [-0.2, 0) is 4.79 Å². The Morgan fingerprint density at radius 3 is 3.00 bits per heavy atom. The number of rotatable bonds is 4. The predicted molar refractivity (Wildman–Crippen MR) is 95.5 cm³/mol. The number of nitrogens with zero attached hydrogens (tertiary/aromatic N) is 4. The van der Waals surface area contributed by atoms with Crippen molar-refractivity contribution in [3.05, 3.63) is 42.1 Å². The highest BCUT2D eigenvalue weighted by atomic mass is 16.5. The van der Waals surface area contributed by atoms with Crippen LogP contribution in [0.1, 0.15) is 24.9 Å². The van der Waals surface area contributed by atoms with Crippen LogP contribution in [0.25, 0.3) is 22.3 Å². The van der Waals surface area contributed by atoms with E-state index >= 15 is 0 Å². The molecule has 4 rings (SSSR count). The van der Waals surface area contributed by atoms with Crippen LogP contribution in [0.5, 0.6) is 6.01 Å². The lowest BCUT2D eigenvalue weighted by molar-refractivity contribution is -0.119. The highest BCUT2D eigenvalue weighted by Gasteiger charge is 2.28. The number of fused-ring (bicyclic) bond motifs is 1. The number of hydrogen-bond donors (Lipinski definition) is 1. The normalized spacial score (nSPS) is 16.5.